The van der Waals surface area contributed by atoms with Crippen LogP contribution in [0.15, 0.2) is 48.0 Å². The van der Waals surface area contributed by atoms with Gasteiger partial charge in [-0.25, -0.2) is 9.69 Å². The molecule has 1 aliphatic heterocycles. The molecule has 144 valence electrons. The first-order valence-electron chi connectivity index (χ1n) is 8.26. The molecule has 8 heteroatoms. The van der Waals surface area contributed by atoms with Gasteiger partial charge >= 0.3 is 6.03 Å². The molecular formula is C20H18N2O6. The normalized spacial score (nSPS) is 15.5. The molecule has 0 aromatic heterocycles. The van der Waals surface area contributed by atoms with Crippen LogP contribution in [-0.2, 0) is 9.59 Å². The summed E-state index contributed by atoms with van der Waals surface area (Å²) in [4.78, 5) is 38.5. The van der Waals surface area contributed by atoms with Gasteiger partial charge in [0.15, 0.2) is 11.5 Å². The van der Waals surface area contributed by atoms with Gasteiger partial charge in [-0.3, -0.25) is 14.9 Å². The summed E-state index contributed by atoms with van der Waals surface area (Å²) < 4.78 is 15.7. The molecule has 1 fully saturated rings. The van der Waals surface area contributed by atoms with Crippen molar-refractivity contribution in [1.82, 2.24) is 5.32 Å². The highest BCUT2D eigenvalue weighted by molar-refractivity contribution is 6.39. The lowest BCUT2D eigenvalue weighted by molar-refractivity contribution is -0.122. The second-order valence-electron chi connectivity index (χ2n) is 5.74. The van der Waals surface area contributed by atoms with Crippen LogP contribution < -0.4 is 24.4 Å². The van der Waals surface area contributed by atoms with E-state index < -0.39 is 17.8 Å². The summed E-state index contributed by atoms with van der Waals surface area (Å²) in [6, 6.07) is 10.6. The van der Waals surface area contributed by atoms with Crippen LogP contribution in [0.5, 0.6) is 17.2 Å². The van der Waals surface area contributed by atoms with Gasteiger partial charge in [0.1, 0.15) is 11.3 Å². The van der Waals surface area contributed by atoms with Crippen molar-refractivity contribution in [3.63, 3.8) is 0 Å². The average molecular weight is 382 g/mol. The van der Waals surface area contributed by atoms with Gasteiger partial charge in [-0.05, 0) is 24.3 Å². The maximum atomic E-state index is 13.0. The van der Waals surface area contributed by atoms with Crippen molar-refractivity contribution in [2.24, 2.45) is 0 Å². The van der Waals surface area contributed by atoms with Crippen LogP contribution in [0.2, 0.25) is 0 Å². The lowest BCUT2D eigenvalue weighted by Crippen LogP contribution is -2.54. The molecule has 2 aromatic rings. The third-order valence-corrected chi connectivity index (χ3v) is 4.15. The maximum Gasteiger partial charge on any atom is 0.335 e. The van der Waals surface area contributed by atoms with Crippen molar-refractivity contribution in [2.75, 3.05) is 26.2 Å². The Bertz CT molecular complexity index is 982. The number of nitrogens with one attached hydrogen (secondary N) is 1. The summed E-state index contributed by atoms with van der Waals surface area (Å²) in [6.07, 6.45) is 1.36. The number of barbiturate groups is 1. The van der Waals surface area contributed by atoms with E-state index in [2.05, 4.69) is 5.32 Å². The molecule has 1 heterocycles. The van der Waals surface area contributed by atoms with E-state index in [9.17, 15) is 14.4 Å². The van der Waals surface area contributed by atoms with Crippen molar-refractivity contribution in [2.45, 2.75) is 0 Å². The first-order chi connectivity index (χ1) is 13.5. The second kappa shape index (κ2) is 7.83. The topological polar surface area (TPSA) is 94.2 Å². The Kier molecular flexibility index (Phi) is 5.30. The fourth-order valence-corrected chi connectivity index (χ4v) is 2.82. The fraction of sp³-hybridized carbons (Fsp3) is 0.150. The van der Waals surface area contributed by atoms with Gasteiger partial charge in [-0.2, -0.15) is 0 Å². The molecule has 1 aliphatic rings. The molecule has 3 rings (SSSR count). The van der Waals surface area contributed by atoms with Crippen LogP contribution in [0.25, 0.3) is 6.08 Å². The van der Waals surface area contributed by atoms with Crippen molar-refractivity contribution in [3.8, 4) is 17.2 Å². The average Bonchev–Trinajstić information content (AvgIpc) is 2.70. The molecule has 0 saturated carbocycles. The summed E-state index contributed by atoms with van der Waals surface area (Å²) in [5.41, 5.74) is 0.520. The number of amides is 4. The van der Waals surface area contributed by atoms with Crippen LogP contribution in [0.3, 0.4) is 0 Å². The molecule has 2 aromatic carbocycles. The van der Waals surface area contributed by atoms with Gasteiger partial charge < -0.3 is 14.2 Å². The predicted molar refractivity (Wildman–Crippen MR) is 102 cm³/mol. The van der Waals surface area contributed by atoms with E-state index in [1.54, 1.807) is 36.4 Å². The van der Waals surface area contributed by atoms with E-state index in [-0.39, 0.29) is 11.3 Å². The smallest absolute Gasteiger partial charge is 0.335 e. The van der Waals surface area contributed by atoms with Gasteiger partial charge in [-0.15, -0.1) is 0 Å². The molecule has 28 heavy (non-hydrogen) atoms. The molecule has 4 amide bonds. The lowest BCUT2D eigenvalue weighted by atomic mass is 10.1. The minimum atomic E-state index is -0.835. The molecule has 0 atom stereocenters. The highest BCUT2D eigenvalue weighted by Crippen LogP contribution is 2.33. The first-order valence-corrected chi connectivity index (χ1v) is 8.26. The minimum Gasteiger partial charge on any atom is -0.497 e. The molecule has 8 nitrogen and oxygen atoms in total. The van der Waals surface area contributed by atoms with E-state index in [0.717, 1.165) is 4.90 Å². The number of methoxy groups -OCH3 is 3. The SMILES string of the molecule is COc1cccc(N2C(=O)NC(=O)/C(=C\c3cccc(OC)c3OC)C2=O)c1. The highest BCUT2D eigenvalue weighted by Gasteiger charge is 2.37. The maximum absolute atomic E-state index is 13.0. The third-order valence-electron chi connectivity index (χ3n) is 4.15. The predicted octanol–water partition coefficient (Wildman–Crippen LogP) is 2.38. The number of rotatable bonds is 5. The highest BCUT2D eigenvalue weighted by atomic mass is 16.5. The number of nitrogens with zero attached hydrogens (tertiary/aromatic N) is 1. The van der Waals surface area contributed by atoms with Crippen LogP contribution >= 0.6 is 0 Å². The van der Waals surface area contributed by atoms with Gasteiger partial charge in [-0.1, -0.05) is 18.2 Å². The van der Waals surface area contributed by atoms with Gasteiger partial charge in [0.05, 0.1) is 27.0 Å². The number of hydrogen-bond donors (Lipinski definition) is 1. The van der Waals surface area contributed by atoms with E-state index in [1.165, 1.54) is 33.5 Å². The van der Waals surface area contributed by atoms with Crippen LogP contribution in [0, 0.1) is 0 Å². The molecule has 0 radical (unpaired) electrons. The van der Waals surface area contributed by atoms with Crippen molar-refractivity contribution < 1.29 is 28.6 Å². The number of anilines is 1. The quantitative estimate of drug-likeness (QED) is 0.630. The van der Waals surface area contributed by atoms with Crippen LogP contribution in [0.1, 0.15) is 5.56 Å². The summed E-state index contributed by atoms with van der Waals surface area (Å²) in [7, 11) is 4.41. The molecular weight excluding hydrogens is 364 g/mol. The van der Waals surface area contributed by atoms with E-state index >= 15 is 0 Å². The number of carbonyl (C=O) groups is 3. The van der Waals surface area contributed by atoms with E-state index in [1.807, 2.05) is 0 Å². The monoisotopic (exact) mass is 382 g/mol. The number of benzene rings is 2. The minimum absolute atomic E-state index is 0.214. The zero-order chi connectivity index (χ0) is 20.3. The second-order valence-corrected chi connectivity index (χ2v) is 5.74. The fourth-order valence-electron chi connectivity index (χ4n) is 2.82. The zero-order valence-electron chi connectivity index (χ0n) is 15.5. The number of imide groups is 2. The lowest BCUT2D eigenvalue weighted by Gasteiger charge is -2.26. The van der Waals surface area contributed by atoms with Gasteiger partial charge in [0, 0.05) is 11.6 Å². The Labute approximate surface area is 161 Å². The number of hydrogen-bond acceptors (Lipinski definition) is 6. The standard InChI is InChI=1S/C20H18N2O6/c1-26-14-8-5-7-13(11-14)22-19(24)15(18(23)21-20(22)25)10-12-6-4-9-16(27-2)17(12)28-3/h4-11H,1-3H3,(H,21,23,25)/b15-10+. The Morgan fingerprint density at radius 2 is 1.68 bits per heavy atom. The van der Waals surface area contributed by atoms with Gasteiger partial charge in [0.2, 0.25) is 0 Å². The number of ether oxygens (including phenoxy) is 3. The number of urea groups is 1. The van der Waals surface area contributed by atoms with Crippen molar-refractivity contribution >= 4 is 29.6 Å². The van der Waals surface area contributed by atoms with Crippen LogP contribution in [0.4, 0.5) is 10.5 Å². The zero-order valence-corrected chi connectivity index (χ0v) is 15.5. The molecule has 0 bridgehead atoms. The first kappa shape index (κ1) is 19.0. The Balaban J connectivity index is 2.07. The summed E-state index contributed by atoms with van der Waals surface area (Å²) in [5.74, 6) is -0.273. The molecule has 0 unspecified atom stereocenters. The van der Waals surface area contributed by atoms with Crippen molar-refractivity contribution in [3.05, 3.63) is 53.6 Å². The molecule has 0 aliphatic carbocycles. The van der Waals surface area contributed by atoms with E-state index in [4.69, 9.17) is 14.2 Å². The molecule has 0 spiro atoms. The summed E-state index contributed by atoms with van der Waals surface area (Å²) in [5, 5.41) is 2.18. The Morgan fingerprint density at radius 1 is 0.929 bits per heavy atom. The largest absolute Gasteiger partial charge is 0.497 e. The van der Waals surface area contributed by atoms with Crippen molar-refractivity contribution in [1.29, 1.82) is 0 Å². The third kappa shape index (κ3) is 3.39. The number of para-hydroxylation sites is 1. The molecule has 1 N–H and O–H groups in total. The van der Waals surface area contributed by atoms with E-state index in [0.29, 0.717) is 22.8 Å². The van der Waals surface area contributed by atoms with Crippen LogP contribution in [-0.4, -0.2) is 39.2 Å². The Morgan fingerprint density at radius 3 is 2.36 bits per heavy atom. The Hall–Kier alpha value is -3.81. The summed E-state index contributed by atoms with van der Waals surface area (Å²) >= 11 is 0. The summed E-state index contributed by atoms with van der Waals surface area (Å²) in [6.45, 7) is 0. The number of carbonyl (C=O) groups excluding carboxylic acids is 3. The molecule has 1 saturated heterocycles. The van der Waals surface area contributed by atoms with Gasteiger partial charge in [0.25, 0.3) is 11.8 Å².